The van der Waals surface area contributed by atoms with E-state index in [2.05, 4.69) is 20.6 Å². The van der Waals surface area contributed by atoms with Crippen LogP contribution in [0.25, 0.3) is 11.1 Å². The summed E-state index contributed by atoms with van der Waals surface area (Å²) in [7, 11) is 0. The number of amides is 1. The predicted molar refractivity (Wildman–Crippen MR) is 122 cm³/mol. The minimum absolute atomic E-state index is 0.127. The molecule has 0 unspecified atom stereocenters. The van der Waals surface area contributed by atoms with Crippen molar-refractivity contribution in [1.29, 1.82) is 0 Å². The number of hydrogen-bond acceptors (Lipinski definition) is 6. The van der Waals surface area contributed by atoms with Crippen molar-refractivity contribution >= 4 is 11.9 Å². The average molecular weight is 431 g/mol. The minimum atomic E-state index is -0.127. The summed E-state index contributed by atoms with van der Waals surface area (Å²) in [6.07, 6.45) is 9.88. The van der Waals surface area contributed by atoms with Crippen LogP contribution in [0, 0.1) is 0 Å². The maximum Gasteiger partial charge on any atom is 0.251 e. The molecule has 2 heterocycles. The molecule has 1 amide bonds. The highest BCUT2D eigenvalue weighted by Gasteiger charge is 2.15. The molecule has 7 nitrogen and oxygen atoms in total. The molecule has 1 fully saturated rings. The van der Waals surface area contributed by atoms with Gasteiger partial charge in [0, 0.05) is 36.1 Å². The quantitative estimate of drug-likeness (QED) is 0.597. The number of hydrogen-bond donors (Lipinski definition) is 2. The van der Waals surface area contributed by atoms with Crippen LogP contribution in [0.1, 0.15) is 48.0 Å². The SMILES string of the molecule is O=C(NCc1ccc2c(c1)OCO2)c1ccc(-c2cnc(NC3CCCCC3)nc2)cc1. The van der Waals surface area contributed by atoms with Crippen molar-refractivity contribution in [1.82, 2.24) is 15.3 Å². The Kier molecular flexibility index (Phi) is 5.87. The fourth-order valence-electron chi connectivity index (χ4n) is 4.13. The van der Waals surface area contributed by atoms with E-state index in [9.17, 15) is 4.79 Å². The van der Waals surface area contributed by atoms with Gasteiger partial charge >= 0.3 is 0 Å². The van der Waals surface area contributed by atoms with Crippen LogP contribution in [-0.4, -0.2) is 28.7 Å². The number of carbonyl (C=O) groups excluding carboxylic acids is 1. The van der Waals surface area contributed by atoms with Crippen LogP contribution >= 0.6 is 0 Å². The van der Waals surface area contributed by atoms with Gasteiger partial charge in [0.15, 0.2) is 11.5 Å². The summed E-state index contributed by atoms with van der Waals surface area (Å²) in [6, 6.07) is 13.6. The Morgan fingerprint density at radius 3 is 2.44 bits per heavy atom. The van der Waals surface area contributed by atoms with Gasteiger partial charge in [0.2, 0.25) is 12.7 Å². The normalized spacial score (nSPS) is 15.4. The van der Waals surface area contributed by atoms with Crippen molar-refractivity contribution in [2.75, 3.05) is 12.1 Å². The molecule has 32 heavy (non-hydrogen) atoms. The van der Waals surface area contributed by atoms with Gasteiger partial charge in [0.1, 0.15) is 0 Å². The lowest BCUT2D eigenvalue weighted by Gasteiger charge is -2.22. The first kappa shape index (κ1) is 20.3. The number of nitrogens with one attached hydrogen (secondary N) is 2. The zero-order chi connectivity index (χ0) is 21.8. The van der Waals surface area contributed by atoms with Crippen molar-refractivity contribution in [2.45, 2.75) is 44.7 Å². The van der Waals surface area contributed by atoms with E-state index < -0.39 is 0 Å². The van der Waals surface area contributed by atoms with E-state index in [1.54, 1.807) is 0 Å². The van der Waals surface area contributed by atoms with E-state index in [4.69, 9.17) is 9.47 Å². The summed E-state index contributed by atoms with van der Waals surface area (Å²) in [6.45, 7) is 0.656. The van der Waals surface area contributed by atoms with Gasteiger partial charge in [-0.1, -0.05) is 37.5 Å². The monoisotopic (exact) mass is 430 g/mol. The Bertz CT molecular complexity index is 1080. The maximum atomic E-state index is 12.5. The average Bonchev–Trinajstić information content (AvgIpc) is 3.32. The number of rotatable bonds is 6. The molecule has 0 atom stereocenters. The summed E-state index contributed by atoms with van der Waals surface area (Å²) < 4.78 is 10.7. The number of carbonyl (C=O) groups is 1. The van der Waals surface area contributed by atoms with Crippen molar-refractivity contribution in [3.05, 3.63) is 66.0 Å². The number of aromatic nitrogens is 2. The second kappa shape index (κ2) is 9.26. The highest BCUT2D eigenvalue weighted by Crippen LogP contribution is 2.32. The van der Waals surface area contributed by atoms with Crippen LogP contribution in [0.2, 0.25) is 0 Å². The molecule has 0 saturated heterocycles. The Morgan fingerprint density at radius 1 is 0.906 bits per heavy atom. The molecule has 1 aliphatic heterocycles. The first-order chi connectivity index (χ1) is 15.7. The summed E-state index contributed by atoms with van der Waals surface area (Å²) in [5, 5.41) is 6.38. The fourth-order valence-corrected chi connectivity index (χ4v) is 4.13. The Morgan fingerprint density at radius 2 is 1.66 bits per heavy atom. The molecule has 2 N–H and O–H groups in total. The number of anilines is 1. The molecular formula is C25H26N4O3. The van der Waals surface area contributed by atoms with Gasteiger partial charge in [-0.05, 0) is 48.2 Å². The molecule has 0 radical (unpaired) electrons. The largest absolute Gasteiger partial charge is 0.454 e. The standard InChI is InChI=1S/C25H26N4O3/c30-24(26-13-17-6-11-22-23(12-17)32-16-31-22)19-9-7-18(8-10-19)20-14-27-25(28-15-20)29-21-4-2-1-3-5-21/h6-12,14-15,21H,1-5,13,16H2,(H,26,30)(H,27,28,29). The molecule has 2 aromatic carbocycles. The van der Waals surface area contributed by atoms with E-state index in [-0.39, 0.29) is 12.7 Å². The molecule has 7 heteroatoms. The van der Waals surface area contributed by atoms with E-state index in [1.165, 1.54) is 32.1 Å². The van der Waals surface area contributed by atoms with Crippen LogP contribution in [0.5, 0.6) is 11.5 Å². The van der Waals surface area contributed by atoms with E-state index in [0.29, 0.717) is 29.8 Å². The fraction of sp³-hybridized carbons (Fsp3) is 0.320. The smallest absolute Gasteiger partial charge is 0.251 e. The van der Waals surface area contributed by atoms with Gasteiger partial charge in [-0.15, -0.1) is 0 Å². The number of nitrogens with zero attached hydrogens (tertiary/aromatic N) is 2. The second-order valence-corrected chi connectivity index (χ2v) is 8.22. The van der Waals surface area contributed by atoms with Crippen LogP contribution in [0.4, 0.5) is 5.95 Å². The number of fused-ring (bicyclic) bond motifs is 1. The van der Waals surface area contributed by atoms with E-state index >= 15 is 0 Å². The van der Waals surface area contributed by atoms with E-state index in [0.717, 1.165) is 22.4 Å². The molecule has 0 spiro atoms. The van der Waals surface area contributed by atoms with Crippen molar-refractivity contribution in [3.63, 3.8) is 0 Å². The van der Waals surface area contributed by atoms with Crippen LogP contribution in [-0.2, 0) is 6.54 Å². The summed E-state index contributed by atoms with van der Waals surface area (Å²) >= 11 is 0. The van der Waals surface area contributed by atoms with Gasteiger partial charge < -0.3 is 20.1 Å². The van der Waals surface area contributed by atoms with Crippen molar-refractivity contribution < 1.29 is 14.3 Å². The van der Waals surface area contributed by atoms with Gasteiger partial charge in [-0.2, -0.15) is 0 Å². The predicted octanol–water partition coefficient (Wildman–Crippen LogP) is 4.55. The highest BCUT2D eigenvalue weighted by atomic mass is 16.7. The second-order valence-electron chi connectivity index (χ2n) is 8.22. The molecule has 1 aromatic heterocycles. The lowest BCUT2D eigenvalue weighted by molar-refractivity contribution is 0.0951. The Labute approximate surface area is 187 Å². The first-order valence-electron chi connectivity index (χ1n) is 11.1. The van der Waals surface area contributed by atoms with Crippen LogP contribution in [0.3, 0.4) is 0 Å². The molecule has 0 bridgehead atoms. The third kappa shape index (κ3) is 4.66. The number of benzene rings is 2. The van der Waals surface area contributed by atoms with Crippen molar-refractivity contribution in [2.24, 2.45) is 0 Å². The minimum Gasteiger partial charge on any atom is -0.454 e. The van der Waals surface area contributed by atoms with Gasteiger partial charge in [-0.25, -0.2) is 9.97 Å². The molecule has 2 aliphatic rings. The van der Waals surface area contributed by atoms with Gasteiger partial charge in [-0.3, -0.25) is 4.79 Å². The van der Waals surface area contributed by atoms with E-state index in [1.807, 2.05) is 54.9 Å². The van der Waals surface area contributed by atoms with Crippen LogP contribution in [0.15, 0.2) is 54.9 Å². The molecular weight excluding hydrogens is 404 g/mol. The maximum absolute atomic E-state index is 12.5. The zero-order valence-corrected chi connectivity index (χ0v) is 17.8. The third-order valence-electron chi connectivity index (χ3n) is 5.96. The topological polar surface area (TPSA) is 85.4 Å². The van der Waals surface area contributed by atoms with Crippen molar-refractivity contribution in [3.8, 4) is 22.6 Å². The molecule has 3 aromatic rings. The lowest BCUT2D eigenvalue weighted by atomic mass is 9.96. The zero-order valence-electron chi connectivity index (χ0n) is 17.8. The molecule has 5 rings (SSSR count). The number of ether oxygens (including phenoxy) is 2. The summed E-state index contributed by atoms with van der Waals surface area (Å²) in [5.41, 5.74) is 3.46. The summed E-state index contributed by atoms with van der Waals surface area (Å²) in [4.78, 5) is 21.5. The Hall–Kier alpha value is -3.61. The molecule has 1 aliphatic carbocycles. The lowest BCUT2D eigenvalue weighted by Crippen LogP contribution is -2.23. The molecule has 164 valence electrons. The first-order valence-corrected chi connectivity index (χ1v) is 11.1. The highest BCUT2D eigenvalue weighted by molar-refractivity contribution is 5.94. The van der Waals surface area contributed by atoms with Crippen LogP contribution < -0.4 is 20.1 Å². The third-order valence-corrected chi connectivity index (χ3v) is 5.96. The molecule has 1 saturated carbocycles. The van der Waals surface area contributed by atoms with Gasteiger partial charge in [0.05, 0.1) is 0 Å². The van der Waals surface area contributed by atoms with Gasteiger partial charge in [0.25, 0.3) is 5.91 Å². The Balaban J connectivity index is 1.17. The summed E-state index contributed by atoms with van der Waals surface area (Å²) in [5.74, 6) is 2.00.